The highest BCUT2D eigenvalue weighted by molar-refractivity contribution is 7.91. The zero-order valence-corrected chi connectivity index (χ0v) is 12.7. The lowest BCUT2D eigenvalue weighted by molar-refractivity contribution is -0.0742. The van der Waals surface area contributed by atoms with Crippen molar-refractivity contribution in [2.75, 3.05) is 26.0 Å². The van der Waals surface area contributed by atoms with Gasteiger partial charge in [0.1, 0.15) is 9.84 Å². The Morgan fingerprint density at radius 1 is 1.37 bits per heavy atom. The summed E-state index contributed by atoms with van der Waals surface area (Å²) in [5, 5.41) is -0.169. The van der Waals surface area contributed by atoms with Crippen LogP contribution in [0.3, 0.4) is 0 Å². The maximum atomic E-state index is 11.8. The van der Waals surface area contributed by atoms with Crippen LogP contribution in [-0.2, 0) is 14.6 Å². The first-order chi connectivity index (χ1) is 8.91. The first-order valence-corrected chi connectivity index (χ1v) is 9.13. The number of rotatable bonds is 3. The highest BCUT2D eigenvalue weighted by atomic mass is 32.2. The summed E-state index contributed by atoms with van der Waals surface area (Å²) in [7, 11) is -2.92. The van der Waals surface area contributed by atoms with Crippen LogP contribution >= 0.6 is 0 Å². The number of ether oxygens (including phenoxy) is 1. The lowest BCUT2D eigenvalue weighted by Gasteiger charge is -2.45. The first kappa shape index (κ1) is 15.2. The average Bonchev–Trinajstić information content (AvgIpc) is 2.38. The number of nitrogens with two attached hydrogens (primary N) is 1. The maximum Gasteiger partial charge on any atom is 0.150 e. The maximum absolute atomic E-state index is 11.8. The summed E-state index contributed by atoms with van der Waals surface area (Å²) in [5.41, 5.74) is 5.69. The molecule has 2 aliphatic rings. The summed E-state index contributed by atoms with van der Waals surface area (Å²) in [6.07, 6.45) is 5.13. The molecule has 112 valence electrons. The normalized spacial score (nSPS) is 38.3. The molecule has 2 N–H and O–H groups in total. The van der Waals surface area contributed by atoms with E-state index in [0.29, 0.717) is 25.2 Å². The molecular formula is C13H26N2O3S. The number of hydrogen-bond acceptors (Lipinski definition) is 5. The Hall–Kier alpha value is -0.170. The van der Waals surface area contributed by atoms with Crippen LogP contribution in [0.25, 0.3) is 0 Å². The van der Waals surface area contributed by atoms with Crippen LogP contribution in [-0.4, -0.2) is 62.7 Å². The molecule has 1 saturated heterocycles. The minimum atomic E-state index is -2.92. The summed E-state index contributed by atoms with van der Waals surface area (Å²) in [5.74, 6) is 0. The lowest BCUT2D eigenvalue weighted by Crippen LogP contribution is -2.56. The lowest BCUT2D eigenvalue weighted by atomic mass is 9.92. The van der Waals surface area contributed by atoms with Crippen LogP contribution < -0.4 is 5.73 Å². The zero-order chi connectivity index (χ0) is 14.0. The summed E-state index contributed by atoms with van der Waals surface area (Å²) >= 11 is 0. The Kier molecular flexibility index (Phi) is 4.87. The number of morpholine rings is 1. The zero-order valence-electron chi connectivity index (χ0n) is 11.9. The molecule has 1 aliphatic heterocycles. The van der Waals surface area contributed by atoms with Crippen LogP contribution in [0.4, 0.5) is 0 Å². The van der Waals surface area contributed by atoms with Crippen molar-refractivity contribution in [1.29, 1.82) is 0 Å². The summed E-state index contributed by atoms with van der Waals surface area (Å²) in [6.45, 7) is 4.21. The van der Waals surface area contributed by atoms with Crippen molar-refractivity contribution in [2.24, 2.45) is 5.73 Å². The van der Waals surface area contributed by atoms with Gasteiger partial charge in [-0.3, -0.25) is 4.90 Å². The molecule has 6 heteroatoms. The number of nitrogens with zero attached hydrogens (tertiary/aromatic N) is 1. The summed E-state index contributed by atoms with van der Waals surface area (Å²) < 4.78 is 29.2. The van der Waals surface area contributed by atoms with Crippen molar-refractivity contribution in [3.63, 3.8) is 0 Å². The van der Waals surface area contributed by atoms with Crippen LogP contribution in [0, 0.1) is 0 Å². The number of hydrogen-bond donors (Lipinski definition) is 1. The molecule has 0 aromatic heterocycles. The highest BCUT2D eigenvalue weighted by Crippen LogP contribution is 2.29. The van der Waals surface area contributed by atoms with Gasteiger partial charge in [-0.15, -0.1) is 0 Å². The van der Waals surface area contributed by atoms with Gasteiger partial charge >= 0.3 is 0 Å². The van der Waals surface area contributed by atoms with E-state index in [4.69, 9.17) is 10.5 Å². The second kappa shape index (κ2) is 6.08. The van der Waals surface area contributed by atoms with Crippen LogP contribution in [0.1, 0.15) is 32.6 Å². The fourth-order valence-electron chi connectivity index (χ4n) is 3.30. The van der Waals surface area contributed by atoms with Crippen molar-refractivity contribution in [3.05, 3.63) is 0 Å². The molecular weight excluding hydrogens is 264 g/mol. The molecule has 1 heterocycles. The predicted octanol–water partition coefficient (Wildman–Crippen LogP) is 0.390. The van der Waals surface area contributed by atoms with Gasteiger partial charge in [-0.1, -0.05) is 6.42 Å². The quantitative estimate of drug-likeness (QED) is 0.814. The van der Waals surface area contributed by atoms with Crippen molar-refractivity contribution in [2.45, 2.75) is 56.0 Å². The molecule has 0 amide bonds. The van der Waals surface area contributed by atoms with Crippen LogP contribution in [0.5, 0.6) is 0 Å². The van der Waals surface area contributed by atoms with Gasteiger partial charge in [0, 0.05) is 31.4 Å². The molecule has 2 fully saturated rings. The standard InChI is InChI=1S/C13H26N2O3S/c1-10-9-18-12(7-14)8-15(10)11-4-3-5-13(6-11)19(2,16)17/h10-13H,3-9,14H2,1-2H3. The van der Waals surface area contributed by atoms with Crippen LogP contribution in [0.15, 0.2) is 0 Å². The fraction of sp³-hybridized carbons (Fsp3) is 1.00. The second-order valence-corrected chi connectivity index (χ2v) is 8.33. The van der Waals surface area contributed by atoms with Crippen molar-refractivity contribution >= 4 is 9.84 Å². The molecule has 2 rings (SSSR count). The molecule has 4 unspecified atom stereocenters. The molecule has 0 aromatic carbocycles. The Morgan fingerprint density at radius 2 is 2.11 bits per heavy atom. The SMILES string of the molecule is CC1COC(CN)CN1C1CCCC(S(C)(=O)=O)C1. The molecule has 0 radical (unpaired) electrons. The summed E-state index contributed by atoms with van der Waals surface area (Å²) in [4.78, 5) is 2.42. The van der Waals surface area contributed by atoms with Gasteiger partial charge in [-0.05, 0) is 26.2 Å². The van der Waals surface area contributed by atoms with E-state index in [1.54, 1.807) is 0 Å². The third kappa shape index (κ3) is 3.68. The van der Waals surface area contributed by atoms with Gasteiger partial charge in [-0.25, -0.2) is 8.42 Å². The van der Waals surface area contributed by atoms with Gasteiger partial charge in [0.25, 0.3) is 0 Å². The third-order valence-electron chi connectivity index (χ3n) is 4.49. The van der Waals surface area contributed by atoms with E-state index in [0.717, 1.165) is 32.2 Å². The molecule has 19 heavy (non-hydrogen) atoms. The van der Waals surface area contributed by atoms with Crippen molar-refractivity contribution in [3.8, 4) is 0 Å². The summed E-state index contributed by atoms with van der Waals surface area (Å²) in [6, 6.07) is 0.715. The van der Waals surface area contributed by atoms with Gasteiger partial charge in [0.2, 0.25) is 0 Å². The topological polar surface area (TPSA) is 72.6 Å². The number of sulfone groups is 1. The monoisotopic (exact) mass is 290 g/mol. The minimum absolute atomic E-state index is 0.0924. The first-order valence-electron chi connectivity index (χ1n) is 7.18. The van der Waals surface area contributed by atoms with Gasteiger partial charge in [-0.2, -0.15) is 0 Å². The van der Waals surface area contributed by atoms with E-state index in [1.807, 2.05) is 0 Å². The van der Waals surface area contributed by atoms with E-state index in [1.165, 1.54) is 6.26 Å². The molecule has 4 atom stereocenters. The minimum Gasteiger partial charge on any atom is -0.374 e. The van der Waals surface area contributed by atoms with E-state index in [9.17, 15) is 8.42 Å². The molecule has 5 nitrogen and oxygen atoms in total. The third-order valence-corrected chi connectivity index (χ3v) is 6.13. The largest absolute Gasteiger partial charge is 0.374 e. The van der Waals surface area contributed by atoms with Crippen LogP contribution in [0.2, 0.25) is 0 Å². The smallest absolute Gasteiger partial charge is 0.150 e. The molecule has 0 bridgehead atoms. The van der Waals surface area contributed by atoms with Crippen molar-refractivity contribution in [1.82, 2.24) is 4.90 Å². The van der Waals surface area contributed by atoms with Gasteiger partial charge in [0.15, 0.2) is 0 Å². The molecule has 1 saturated carbocycles. The Morgan fingerprint density at radius 3 is 2.74 bits per heavy atom. The van der Waals surface area contributed by atoms with Gasteiger partial charge < -0.3 is 10.5 Å². The molecule has 0 aromatic rings. The molecule has 0 spiro atoms. The Labute approximate surface area is 116 Å². The van der Waals surface area contributed by atoms with E-state index < -0.39 is 9.84 Å². The van der Waals surface area contributed by atoms with E-state index in [-0.39, 0.29) is 11.4 Å². The van der Waals surface area contributed by atoms with E-state index in [2.05, 4.69) is 11.8 Å². The average molecular weight is 290 g/mol. The Balaban J connectivity index is 2.03. The Bertz CT molecular complexity index is 399. The van der Waals surface area contributed by atoms with Crippen molar-refractivity contribution < 1.29 is 13.2 Å². The predicted molar refractivity (Wildman–Crippen MR) is 75.9 cm³/mol. The molecule has 1 aliphatic carbocycles. The second-order valence-electron chi connectivity index (χ2n) is 6.01. The van der Waals surface area contributed by atoms with Gasteiger partial charge in [0.05, 0.1) is 18.0 Å². The highest BCUT2D eigenvalue weighted by Gasteiger charge is 2.36. The van der Waals surface area contributed by atoms with E-state index >= 15 is 0 Å². The fourth-order valence-corrected chi connectivity index (χ4v) is 4.47.